The molecule has 1 amide bonds. The van der Waals surface area contributed by atoms with Crippen molar-refractivity contribution in [2.24, 2.45) is 5.10 Å². The van der Waals surface area contributed by atoms with Gasteiger partial charge in [-0.25, -0.2) is 5.43 Å². The maximum atomic E-state index is 12.0. The first-order valence-electron chi connectivity index (χ1n) is 7.92. The molecule has 0 fully saturated rings. The van der Waals surface area contributed by atoms with E-state index in [1.54, 1.807) is 30.7 Å². The summed E-state index contributed by atoms with van der Waals surface area (Å²) >= 11 is 3.44. The molecular formula is C20H16BrN3O2. The molecule has 1 N–H and O–H groups in total. The molecule has 6 heteroatoms. The zero-order valence-electron chi connectivity index (χ0n) is 13.8. The number of ether oxygens (including phenoxy) is 1. The quantitative estimate of drug-likeness (QED) is 0.490. The largest absolute Gasteiger partial charge is 0.488 e. The first-order chi connectivity index (χ1) is 12.7. The highest BCUT2D eigenvalue weighted by Crippen LogP contribution is 2.22. The van der Waals surface area contributed by atoms with Crippen molar-refractivity contribution in [1.82, 2.24) is 10.4 Å². The van der Waals surface area contributed by atoms with Crippen LogP contribution in [0.25, 0.3) is 0 Å². The van der Waals surface area contributed by atoms with Crippen LogP contribution in [-0.2, 0) is 6.61 Å². The number of nitrogens with one attached hydrogen (secondary N) is 1. The number of carbonyl (C=O) groups is 1. The van der Waals surface area contributed by atoms with Crippen LogP contribution in [-0.4, -0.2) is 17.1 Å². The lowest BCUT2D eigenvalue weighted by atomic mass is 10.2. The van der Waals surface area contributed by atoms with Crippen LogP contribution in [0, 0.1) is 0 Å². The summed E-state index contributed by atoms with van der Waals surface area (Å²) in [5, 5.41) is 4.03. The van der Waals surface area contributed by atoms with Gasteiger partial charge in [-0.15, -0.1) is 0 Å². The normalized spacial score (nSPS) is 10.7. The highest BCUT2D eigenvalue weighted by atomic mass is 79.9. The summed E-state index contributed by atoms with van der Waals surface area (Å²) in [6, 6.07) is 18.8. The van der Waals surface area contributed by atoms with E-state index in [4.69, 9.17) is 4.74 Å². The van der Waals surface area contributed by atoms with Crippen LogP contribution >= 0.6 is 15.9 Å². The van der Waals surface area contributed by atoms with Gasteiger partial charge in [0.15, 0.2) is 0 Å². The molecule has 0 spiro atoms. The van der Waals surface area contributed by atoms with Crippen LogP contribution in [0.1, 0.15) is 21.5 Å². The fourth-order valence-electron chi connectivity index (χ4n) is 2.22. The average molecular weight is 410 g/mol. The van der Waals surface area contributed by atoms with Crippen molar-refractivity contribution in [3.8, 4) is 5.75 Å². The number of rotatable bonds is 6. The van der Waals surface area contributed by atoms with Crippen molar-refractivity contribution < 1.29 is 9.53 Å². The molecule has 0 saturated carbocycles. The van der Waals surface area contributed by atoms with Crippen molar-refractivity contribution in [3.05, 3.63) is 94.2 Å². The number of carbonyl (C=O) groups excluding carboxylic acids is 1. The molecule has 0 aliphatic carbocycles. The molecule has 0 radical (unpaired) electrons. The van der Waals surface area contributed by atoms with Gasteiger partial charge in [0.05, 0.1) is 6.21 Å². The van der Waals surface area contributed by atoms with Crippen molar-refractivity contribution in [2.45, 2.75) is 6.61 Å². The van der Waals surface area contributed by atoms with Gasteiger partial charge < -0.3 is 4.74 Å². The van der Waals surface area contributed by atoms with Crippen molar-refractivity contribution in [3.63, 3.8) is 0 Å². The molecule has 3 aromatic rings. The van der Waals surface area contributed by atoms with Gasteiger partial charge in [-0.3, -0.25) is 9.78 Å². The summed E-state index contributed by atoms with van der Waals surface area (Å²) in [6.45, 7) is 0.451. The van der Waals surface area contributed by atoms with Gasteiger partial charge in [-0.2, -0.15) is 5.10 Å². The summed E-state index contributed by atoms with van der Waals surface area (Å²) in [5.74, 6) is 0.379. The summed E-state index contributed by atoms with van der Waals surface area (Å²) in [6.07, 6.45) is 4.68. The van der Waals surface area contributed by atoms with Crippen molar-refractivity contribution >= 4 is 28.1 Å². The highest BCUT2D eigenvalue weighted by molar-refractivity contribution is 9.10. The van der Waals surface area contributed by atoms with E-state index in [9.17, 15) is 4.79 Å². The van der Waals surface area contributed by atoms with E-state index in [0.717, 1.165) is 15.6 Å². The van der Waals surface area contributed by atoms with Gasteiger partial charge in [-0.05, 0) is 35.9 Å². The molecule has 130 valence electrons. The highest BCUT2D eigenvalue weighted by Gasteiger charge is 2.05. The maximum absolute atomic E-state index is 12.0. The molecular weight excluding hydrogens is 394 g/mol. The molecule has 1 aromatic heterocycles. The topological polar surface area (TPSA) is 63.6 Å². The number of benzene rings is 2. The van der Waals surface area contributed by atoms with E-state index < -0.39 is 0 Å². The Hall–Kier alpha value is -2.99. The Balaban J connectivity index is 1.68. The minimum atomic E-state index is -0.301. The van der Waals surface area contributed by atoms with Crippen molar-refractivity contribution in [2.75, 3.05) is 0 Å². The minimum Gasteiger partial charge on any atom is -0.488 e. The van der Waals surface area contributed by atoms with Crippen molar-refractivity contribution in [1.29, 1.82) is 0 Å². The van der Waals surface area contributed by atoms with E-state index in [0.29, 0.717) is 17.9 Å². The number of nitrogens with zero attached hydrogens (tertiary/aromatic N) is 2. The zero-order chi connectivity index (χ0) is 18.2. The molecule has 0 aliphatic heterocycles. The van der Waals surface area contributed by atoms with Gasteiger partial charge in [-0.1, -0.05) is 46.3 Å². The fourth-order valence-corrected chi connectivity index (χ4v) is 2.59. The maximum Gasteiger partial charge on any atom is 0.271 e. The number of hydrogen-bond donors (Lipinski definition) is 1. The van der Waals surface area contributed by atoms with Crippen LogP contribution in [0.3, 0.4) is 0 Å². The Morgan fingerprint density at radius 3 is 2.65 bits per heavy atom. The van der Waals surface area contributed by atoms with Gasteiger partial charge in [0.2, 0.25) is 0 Å². The molecule has 0 unspecified atom stereocenters. The summed E-state index contributed by atoms with van der Waals surface area (Å²) < 4.78 is 6.78. The van der Waals surface area contributed by atoms with Crippen LogP contribution in [0.4, 0.5) is 0 Å². The number of pyridine rings is 1. The second-order valence-electron chi connectivity index (χ2n) is 5.39. The Labute approximate surface area is 159 Å². The fraction of sp³-hybridized carbons (Fsp3) is 0.0500. The summed E-state index contributed by atoms with van der Waals surface area (Å²) in [7, 11) is 0. The van der Waals surface area contributed by atoms with Crippen LogP contribution in [0.5, 0.6) is 5.75 Å². The second kappa shape index (κ2) is 8.92. The summed E-state index contributed by atoms with van der Waals surface area (Å²) in [4.78, 5) is 15.9. The SMILES string of the molecule is O=C(NN=Cc1cc(Br)ccc1OCc1ccccc1)c1ccncc1. The monoisotopic (exact) mass is 409 g/mol. The third-order valence-corrected chi connectivity index (χ3v) is 4.01. The molecule has 2 aromatic carbocycles. The molecule has 5 nitrogen and oxygen atoms in total. The first kappa shape index (κ1) is 17.8. The van der Waals surface area contributed by atoms with E-state index in [2.05, 4.69) is 31.4 Å². The van der Waals surface area contributed by atoms with Crippen LogP contribution in [0.2, 0.25) is 0 Å². The number of aromatic nitrogens is 1. The van der Waals surface area contributed by atoms with E-state index in [1.807, 2.05) is 48.5 Å². The molecule has 1 heterocycles. The van der Waals surface area contributed by atoms with Gasteiger partial charge in [0.1, 0.15) is 12.4 Å². The molecule has 0 bridgehead atoms. The molecule has 0 saturated heterocycles. The number of amides is 1. The zero-order valence-corrected chi connectivity index (χ0v) is 15.4. The number of hydrogen-bond acceptors (Lipinski definition) is 4. The third-order valence-electron chi connectivity index (χ3n) is 3.52. The van der Waals surface area contributed by atoms with E-state index in [1.165, 1.54) is 0 Å². The Morgan fingerprint density at radius 1 is 1.12 bits per heavy atom. The van der Waals surface area contributed by atoms with Gasteiger partial charge in [0.25, 0.3) is 5.91 Å². The molecule has 0 atom stereocenters. The lowest BCUT2D eigenvalue weighted by Gasteiger charge is -2.09. The van der Waals surface area contributed by atoms with Gasteiger partial charge in [0, 0.05) is 28.0 Å². The lowest BCUT2D eigenvalue weighted by Crippen LogP contribution is -2.17. The third kappa shape index (κ3) is 5.00. The Kier molecular flexibility index (Phi) is 6.11. The Morgan fingerprint density at radius 2 is 1.88 bits per heavy atom. The number of halogens is 1. The smallest absolute Gasteiger partial charge is 0.271 e. The van der Waals surface area contributed by atoms with E-state index >= 15 is 0 Å². The summed E-state index contributed by atoms with van der Waals surface area (Å²) in [5.41, 5.74) is 4.82. The molecule has 3 rings (SSSR count). The van der Waals surface area contributed by atoms with Crippen LogP contribution < -0.4 is 10.2 Å². The minimum absolute atomic E-state index is 0.301. The number of hydrazone groups is 1. The molecule has 26 heavy (non-hydrogen) atoms. The predicted octanol–water partition coefficient (Wildman–Crippen LogP) is 4.19. The van der Waals surface area contributed by atoms with Gasteiger partial charge >= 0.3 is 0 Å². The first-order valence-corrected chi connectivity index (χ1v) is 8.71. The Bertz CT molecular complexity index is 899. The standard InChI is InChI=1S/C20H16BrN3O2/c21-18-6-7-19(26-14-15-4-2-1-3-5-15)17(12-18)13-23-24-20(25)16-8-10-22-11-9-16/h1-13H,14H2,(H,24,25). The van der Waals surface area contributed by atoms with Crippen LogP contribution in [0.15, 0.2) is 82.6 Å². The second-order valence-corrected chi connectivity index (χ2v) is 6.31. The molecule has 0 aliphatic rings. The lowest BCUT2D eigenvalue weighted by molar-refractivity contribution is 0.0955. The van der Waals surface area contributed by atoms with E-state index in [-0.39, 0.29) is 5.91 Å². The average Bonchev–Trinajstić information content (AvgIpc) is 2.69. The predicted molar refractivity (Wildman–Crippen MR) is 104 cm³/mol.